The van der Waals surface area contributed by atoms with E-state index >= 15 is 0 Å². The van der Waals surface area contributed by atoms with E-state index in [0.717, 1.165) is 24.2 Å². The number of furan rings is 1. The summed E-state index contributed by atoms with van der Waals surface area (Å²) in [7, 11) is 1.72. The third kappa shape index (κ3) is 4.35. The van der Waals surface area contributed by atoms with Crippen molar-refractivity contribution >= 4 is 17.9 Å². The van der Waals surface area contributed by atoms with Gasteiger partial charge < -0.3 is 14.6 Å². The number of carbonyl (C=O) groups excluding carboxylic acids is 2. The Balaban J connectivity index is 1.55. The molecule has 5 nitrogen and oxygen atoms in total. The van der Waals surface area contributed by atoms with E-state index in [0.29, 0.717) is 18.2 Å². The Bertz CT molecular complexity index is 728. The zero-order valence-electron chi connectivity index (χ0n) is 13.6. The molecule has 2 amide bonds. The lowest BCUT2D eigenvalue weighted by Crippen LogP contribution is -2.25. The minimum atomic E-state index is -0.109. The molecule has 2 aromatic rings. The molecule has 124 valence electrons. The molecule has 5 heteroatoms. The van der Waals surface area contributed by atoms with E-state index in [1.807, 2.05) is 18.2 Å². The van der Waals surface area contributed by atoms with Crippen molar-refractivity contribution < 1.29 is 14.0 Å². The molecule has 0 spiro atoms. The molecular formula is C19H20N2O3. The summed E-state index contributed by atoms with van der Waals surface area (Å²) >= 11 is 0. The Morgan fingerprint density at radius 3 is 2.62 bits per heavy atom. The zero-order chi connectivity index (χ0) is 16.9. The molecule has 3 rings (SSSR count). The highest BCUT2D eigenvalue weighted by Gasteiger charge is 2.23. The third-order valence-electron chi connectivity index (χ3n) is 3.85. The first-order chi connectivity index (χ1) is 11.6. The molecule has 0 atom stereocenters. The molecule has 1 saturated carbocycles. The molecule has 0 radical (unpaired) electrons. The van der Waals surface area contributed by atoms with E-state index < -0.39 is 0 Å². The summed E-state index contributed by atoms with van der Waals surface area (Å²) in [6, 6.07) is 11.2. The second-order valence-electron chi connectivity index (χ2n) is 5.98. The van der Waals surface area contributed by atoms with Gasteiger partial charge in [-0.05, 0) is 48.7 Å². The van der Waals surface area contributed by atoms with Crippen molar-refractivity contribution in [2.45, 2.75) is 25.4 Å². The molecule has 1 fully saturated rings. The number of nitrogens with zero attached hydrogens (tertiary/aromatic N) is 1. The molecule has 0 saturated heterocycles. The molecule has 24 heavy (non-hydrogen) atoms. The zero-order valence-corrected chi connectivity index (χ0v) is 13.6. The van der Waals surface area contributed by atoms with Crippen LogP contribution in [0.2, 0.25) is 0 Å². The Morgan fingerprint density at radius 1 is 1.25 bits per heavy atom. The van der Waals surface area contributed by atoms with Gasteiger partial charge in [-0.2, -0.15) is 0 Å². The average molecular weight is 324 g/mol. The Kier molecular flexibility index (Phi) is 4.79. The smallest absolute Gasteiger partial charge is 0.251 e. The fourth-order valence-electron chi connectivity index (χ4n) is 2.25. The topological polar surface area (TPSA) is 62.6 Å². The molecule has 1 aliphatic carbocycles. The monoisotopic (exact) mass is 324 g/mol. The number of hydrogen-bond donors (Lipinski definition) is 1. The van der Waals surface area contributed by atoms with E-state index in [2.05, 4.69) is 5.32 Å². The van der Waals surface area contributed by atoms with Gasteiger partial charge in [-0.3, -0.25) is 9.59 Å². The first-order valence-corrected chi connectivity index (χ1v) is 7.98. The number of carbonyl (C=O) groups is 2. The van der Waals surface area contributed by atoms with Crippen LogP contribution < -0.4 is 5.32 Å². The molecule has 0 unspecified atom stereocenters. The fraction of sp³-hybridized carbons (Fsp3) is 0.263. The summed E-state index contributed by atoms with van der Waals surface area (Å²) in [4.78, 5) is 25.6. The van der Waals surface area contributed by atoms with Crippen LogP contribution in [-0.2, 0) is 11.3 Å². The highest BCUT2D eigenvalue weighted by molar-refractivity contribution is 5.95. The molecular weight excluding hydrogens is 304 g/mol. The molecule has 1 aromatic carbocycles. The largest absolute Gasteiger partial charge is 0.467 e. The maximum absolute atomic E-state index is 12.1. The minimum Gasteiger partial charge on any atom is -0.467 e. The number of amides is 2. The fourth-order valence-corrected chi connectivity index (χ4v) is 2.25. The second kappa shape index (κ2) is 7.17. The van der Waals surface area contributed by atoms with Crippen molar-refractivity contribution in [2.75, 3.05) is 7.05 Å². The van der Waals surface area contributed by atoms with Crippen LogP contribution in [0.25, 0.3) is 6.08 Å². The van der Waals surface area contributed by atoms with Gasteiger partial charge in [0.15, 0.2) is 0 Å². The van der Waals surface area contributed by atoms with Gasteiger partial charge >= 0.3 is 0 Å². The van der Waals surface area contributed by atoms with Crippen LogP contribution in [0, 0.1) is 0 Å². The van der Waals surface area contributed by atoms with Gasteiger partial charge in [-0.15, -0.1) is 0 Å². The number of rotatable bonds is 6. The van der Waals surface area contributed by atoms with Gasteiger partial charge in [0.1, 0.15) is 5.76 Å². The van der Waals surface area contributed by atoms with Crippen LogP contribution in [0.3, 0.4) is 0 Å². The predicted octanol–water partition coefficient (Wildman–Crippen LogP) is 2.84. The Morgan fingerprint density at radius 2 is 2.00 bits per heavy atom. The number of likely N-dealkylation sites (N-methyl/N-ethyl adjacent to an activating group) is 1. The third-order valence-corrected chi connectivity index (χ3v) is 3.85. The standard InChI is InChI=1S/C19H20N2O3/c1-21(13-17-3-2-12-24-17)18(22)11-6-14-4-7-15(8-5-14)19(23)20-16-9-10-16/h2-8,11-12,16H,9-10,13H2,1H3,(H,20,23)/b11-6+. The molecule has 0 aliphatic heterocycles. The maximum atomic E-state index is 12.1. The minimum absolute atomic E-state index is 0.0395. The van der Waals surface area contributed by atoms with Crippen molar-refractivity contribution in [3.8, 4) is 0 Å². The van der Waals surface area contributed by atoms with Gasteiger partial charge in [-0.25, -0.2) is 0 Å². The molecule has 1 aromatic heterocycles. The summed E-state index contributed by atoms with van der Waals surface area (Å²) in [6.07, 6.45) is 6.98. The average Bonchev–Trinajstić information content (AvgIpc) is 3.25. The van der Waals surface area contributed by atoms with Crippen LogP contribution >= 0.6 is 0 Å². The van der Waals surface area contributed by atoms with E-state index in [1.54, 1.807) is 42.5 Å². The van der Waals surface area contributed by atoms with E-state index in [-0.39, 0.29) is 11.8 Å². The van der Waals surface area contributed by atoms with E-state index in [9.17, 15) is 9.59 Å². The molecule has 1 N–H and O–H groups in total. The van der Waals surface area contributed by atoms with E-state index in [4.69, 9.17) is 4.42 Å². The number of benzene rings is 1. The SMILES string of the molecule is CN(Cc1ccco1)C(=O)/C=C/c1ccc(C(=O)NC2CC2)cc1. The quantitative estimate of drug-likeness (QED) is 0.831. The first kappa shape index (κ1) is 16.1. The van der Waals surface area contributed by atoms with Crippen molar-refractivity contribution in [2.24, 2.45) is 0 Å². The van der Waals surface area contributed by atoms with Gasteiger partial charge in [0.25, 0.3) is 5.91 Å². The van der Waals surface area contributed by atoms with Crippen molar-refractivity contribution in [3.63, 3.8) is 0 Å². The van der Waals surface area contributed by atoms with Crippen LogP contribution in [0.4, 0.5) is 0 Å². The van der Waals surface area contributed by atoms with Gasteiger partial charge in [-0.1, -0.05) is 12.1 Å². The van der Waals surface area contributed by atoms with Crippen molar-refractivity contribution in [3.05, 3.63) is 65.6 Å². The Hall–Kier alpha value is -2.82. The highest BCUT2D eigenvalue weighted by Crippen LogP contribution is 2.19. The second-order valence-corrected chi connectivity index (χ2v) is 5.98. The lowest BCUT2D eigenvalue weighted by molar-refractivity contribution is -0.125. The first-order valence-electron chi connectivity index (χ1n) is 7.98. The summed E-state index contributed by atoms with van der Waals surface area (Å²) in [5, 5.41) is 2.95. The van der Waals surface area contributed by atoms with E-state index in [1.165, 1.54) is 6.08 Å². The van der Waals surface area contributed by atoms with Crippen LogP contribution in [0.15, 0.2) is 53.2 Å². The normalized spacial score (nSPS) is 13.9. The summed E-state index contributed by atoms with van der Waals surface area (Å²) in [5.74, 6) is 0.592. The highest BCUT2D eigenvalue weighted by atomic mass is 16.3. The van der Waals surface area contributed by atoms with Gasteiger partial charge in [0.05, 0.1) is 12.8 Å². The predicted molar refractivity (Wildman–Crippen MR) is 91.1 cm³/mol. The van der Waals surface area contributed by atoms with Crippen LogP contribution in [0.1, 0.15) is 34.5 Å². The lowest BCUT2D eigenvalue weighted by atomic mass is 10.1. The molecule has 1 aliphatic rings. The van der Waals surface area contributed by atoms with Crippen molar-refractivity contribution in [1.29, 1.82) is 0 Å². The number of nitrogens with one attached hydrogen (secondary N) is 1. The van der Waals surface area contributed by atoms with Gasteiger partial charge in [0, 0.05) is 24.7 Å². The molecule has 0 bridgehead atoms. The summed E-state index contributed by atoms with van der Waals surface area (Å²) in [5.41, 5.74) is 1.51. The van der Waals surface area contributed by atoms with Gasteiger partial charge in [0.2, 0.25) is 5.91 Å². The summed E-state index contributed by atoms with van der Waals surface area (Å²) < 4.78 is 5.23. The van der Waals surface area contributed by atoms with Crippen molar-refractivity contribution in [1.82, 2.24) is 10.2 Å². The molecule has 1 heterocycles. The lowest BCUT2D eigenvalue weighted by Gasteiger charge is -2.12. The number of hydrogen-bond acceptors (Lipinski definition) is 3. The summed E-state index contributed by atoms with van der Waals surface area (Å²) in [6.45, 7) is 0.427. The Labute approximate surface area is 141 Å². The van der Waals surface area contributed by atoms with Crippen LogP contribution in [0.5, 0.6) is 0 Å². The van der Waals surface area contributed by atoms with Crippen LogP contribution in [-0.4, -0.2) is 29.8 Å². The maximum Gasteiger partial charge on any atom is 0.251 e.